The Balaban J connectivity index is 3.63. The highest BCUT2D eigenvalue weighted by Crippen LogP contribution is 2.33. The summed E-state index contributed by atoms with van der Waals surface area (Å²) in [6, 6.07) is 1.38. The molecule has 0 saturated heterocycles. The lowest BCUT2D eigenvalue weighted by atomic mass is 10.1. The number of hydrogen-bond acceptors (Lipinski definition) is 6. The van der Waals surface area contributed by atoms with E-state index in [1.165, 1.54) is 0 Å². The molecule has 0 fully saturated rings. The first-order chi connectivity index (χ1) is 7.88. The summed E-state index contributed by atoms with van der Waals surface area (Å²) in [6.07, 6.45) is -0.204. The summed E-state index contributed by atoms with van der Waals surface area (Å²) in [5.41, 5.74) is -2.26. The number of hydrogen-bond donors (Lipinski definition) is 0. The third-order valence-corrected chi connectivity index (χ3v) is 2.04. The maximum Gasteiger partial charge on any atom is 0.286 e. The third kappa shape index (κ3) is 2.33. The van der Waals surface area contributed by atoms with Crippen molar-refractivity contribution in [3.05, 3.63) is 55.0 Å². The Kier molecular flexibility index (Phi) is 3.31. The van der Waals surface area contributed by atoms with Gasteiger partial charge in [0.15, 0.2) is 0 Å². The van der Waals surface area contributed by atoms with Crippen molar-refractivity contribution < 1.29 is 14.8 Å². The molecule has 0 aliphatic heterocycles. The van der Waals surface area contributed by atoms with Gasteiger partial charge in [0.1, 0.15) is 5.56 Å². The molecule has 0 heterocycles. The van der Waals surface area contributed by atoms with E-state index in [0.29, 0.717) is 12.1 Å². The zero-order chi connectivity index (χ0) is 13.2. The molecule has 9 heteroatoms. The van der Waals surface area contributed by atoms with Crippen molar-refractivity contribution in [3.63, 3.8) is 0 Å². The summed E-state index contributed by atoms with van der Waals surface area (Å²) in [5.74, 6) is 0. The molecule has 0 aliphatic carbocycles. The molecule has 0 saturated carbocycles. The van der Waals surface area contributed by atoms with E-state index in [4.69, 9.17) is 0 Å². The van der Waals surface area contributed by atoms with Gasteiger partial charge in [-0.05, 0) is 13.3 Å². The van der Waals surface area contributed by atoms with Gasteiger partial charge in [-0.25, -0.2) is 0 Å². The highest BCUT2D eigenvalue weighted by Gasteiger charge is 2.28. The monoisotopic (exact) mass is 240 g/mol. The largest absolute Gasteiger partial charge is 0.286 e. The molecule has 0 amide bonds. The first-order valence-electron chi connectivity index (χ1n) is 4.27. The van der Waals surface area contributed by atoms with Crippen molar-refractivity contribution in [1.29, 1.82) is 0 Å². The van der Waals surface area contributed by atoms with Gasteiger partial charge in [-0.3, -0.25) is 30.3 Å². The molecule has 1 aromatic rings. The second-order valence-electron chi connectivity index (χ2n) is 2.98. The van der Waals surface area contributed by atoms with Crippen molar-refractivity contribution in [1.82, 2.24) is 0 Å². The lowest BCUT2D eigenvalue weighted by molar-refractivity contribution is -0.404. The molecular formula is C8H6N3O6. The lowest BCUT2D eigenvalue weighted by Gasteiger charge is -2.01. The molecule has 17 heavy (non-hydrogen) atoms. The van der Waals surface area contributed by atoms with Crippen LogP contribution < -0.4 is 0 Å². The zero-order valence-electron chi connectivity index (χ0n) is 8.36. The van der Waals surface area contributed by atoms with E-state index in [1.807, 2.05) is 0 Å². The quantitative estimate of drug-likeness (QED) is 0.582. The van der Waals surface area contributed by atoms with Crippen LogP contribution in [0.15, 0.2) is 12.1 Å². The van der Waals surface area contributed by atoms with Crippen molar-refractivity contribution in [3.8, 4) is 0 Å². The Morgan fingerprint density at radius 1 is 0.941 bits per heavy atom. The van der Waals surface area contributed by atoms with Gasteiger partial charge in [-0.1, -0.05) is 0 Å². The first-order valence-corrected chi connectivity index (χ1v) is 4.27. The zero-order valence-corrected chi connectivity index (χ0v) is 8.36. The Hall–Kier alpha value is -2.58. The van der Waals surface area contributed by atoms with E-state index >= 15 is 0 Å². The molecule has 0 unspecified atom stereocenters. The van der Waals surface area contributed by atoms with Crippen LogP contribution in [0.2, 0.25) is 0 Å². The number of benzene rings is 1. The fraction of sp³-hybridized carbons (Fsp3) is 0.125. The molecule has 0 atom stereocenters. The van der Waals surface area contributed by atoms with E-state index < -0.39 is 31.8 Å². The van der Waals surface area contributed by atoms with Gasteiger partial charge >= 0.3 is 0 Å². The maximum atomic E-state index is 10.7. The molecule has 89 valence electrons. The predicted octanol–water partition coefficient (Wildman–Crippen LogP) is 1.79. The van der Waals surface area contributed by atoms with Crippen LogP contribution in [0.25, 0.3) is 0 Å². The smallest absolute Gasteiger partial charge is 0.258 e. The number of non-ortho nitro benzene ring substituents is 1. The fourth-order valence-corrected chi connectivity index (χ4v) is 1.31. The van der Waals surface area contributed by atoms with Gasteiger partial charge in [-0.2, -0.15) is 0 Å². The molecule has 0 N–H and O–H groups in total. The minimum absolute atomic E-state index is 0.204. The summed E-state index contributed by atoms with van der Waals surface area (Å²) < 4.78 is 0. The standard InChI is InChI=1S/C8H6N3O6/c1-2-6-7(10(14)15)3-5(9(12)13)4-8(6)11(16)17/h3-4H,1-2H2. The Morgan fingerprint density at radius 3 is 1.59 bits per heavy atom. The summed E-state index contributed by atoms with van der Waals surface area (Å²) in [7, 11) is 0. The molecular weight excluding hydrogens is 234 g/mol. The van der Waals surface area contributed by atoms with Crippen LogP contribution in [0.3, 0.4) is 0 Å². The summed E-state index contributed by atoms with van der Waals surface area (Å²) in [4.78, 5) is 29.1. The summed E-state index contributed by atoms with van der Waals surface area (Å²) in [6.45, 7) is 3.34. The van der Waals surface area contributed by atoms with Crippen LogP contribution >= 0.6 is 0 Å². The molecule has 0 aromatic heterocycles. The second-order valence-corrected chi connectivity index (χ2v) is 2.98. The van der Waals surface area contributed by atoms with Crippen molar-refractivity contribution >= 4 is 17.1 Å². The summed E-state index contributed by atoms with van der Waals surface area (Å²) >= 11 is 0. The minimum atomic E-state index is -0.924. The van der Waals surface area contributed by atoms with E-state index in [1.54, 1.807) is 0 Å². The topological polar surface area (TPSA) is 129 Å². The second kappa shape index (κ2) is 4.51. The van der Waals surface area contributed by atoms with Crippen molar-refractivity contribution in [2.45, 2.75) is 6.42 Å². The number of nitrogens with zero attached hydrogens (tertiary/aromatic N) is 3. The highest BCUT2D eigenvalue weighted by molar-refractivity contribution is 5.60. The first kappa shape index (κ1) is 12.5. The molecule has 0 spiro atoms. The Morgan fingerprint density at radius 2 is 1.35 bits per heavy atom. The minimum Gasteiger partial charge on any atom is -0.258 e. The SMILES string of the molecule is [CH2]Cc1c([N+](=O)[O-])cc([N+](=O)[O-])cc1[N+](=O)[O-]. The van der Waals surface area contributed by atoms with E-state index in [-0.39, 0.29) is 12.0 Å². The summed E-state index contributed by atoms with van der Waals surface area (Å²) in [5, 5.41) is 31.8. The molecule has 0 bridgehead atoms. The van der Waals surface area contributed by atoms with E-state index in [2.05, 4.69) is 6.92 Å². The molecule has 1 radical (unpaired) electrons. The number of rotatable bonds is 4. The normalized spacial score (nSPS) is 9.94. The van der Waals surface area contributed by atoms with Crippen LogP contribution in [0.5, 0.6) is 0 Å². The predicted molar refractivity (Wildman–Crippen MR) is 55.5 cm³/mol. The fourth-order valence-electron chi connectivity index (χ4n) is 1.31. The molecule has 1 aromatic carbocycles. The van der Waals surface area contributed by atoms with Gasteiger partial charge in [0.2, 0.25) is 0 Å². The van der Waals surface area contributed by atoms with Crippen LogP contribution in [0.4, 0.5) is 17.1 Å². The van der Waals surface area contributed by atoms with Crippen LogP contribution in [-0.2, 0) is 6.42 Å². The maximum absolute atomic E-state index is 10.7. The average Bonchev–Trinajstić information content (AvgIpc) is 2.26. The van der Waals surface area contributed by atoms with Gasteiger partial charge in [0, 0.05) is 0 Å². The highest BCUT2D eigenvalue weighted by atomic mass is 16.6. The van der Waals surface area contributed by atoms with Gasteiger partial charge in [0.25, 0.3) is 17.1 Å². The number of nitro groups is 3. The molecule has 1 rings (SSSR count). The Bertz CT molecular complexity index is 477. The van der Waals surface area contributed by atoms with Gasteiger partial charge in [0.05, 0.1) is 26.9 Å². The van der Waals surface area contributed by atoms with Crippen molar-refractivity contribution in [2.75, 3.05) is 0 Å². The lowest BCUT2D eigenvalue weighted by Crippen LogP contribution is -2.02. The van der Waals surface area contributed by atoms with E-state index in [0.717, 1.165) is 0 Å². The Labute approximate surface area is 94.1 Å². The van der Waals surface area contributed by atoms with Gasteiger partial charge in [-0.15, -0.1) is 0 Å². The van der Waals surface area contributed by atoms with E-state index in [9.17, 15) is 30.3 Å². The third-order valence-electron chi connectivity index (χ3n) is 2.04. The van der Waals surface area contributed by atoms with Crippen molar-refractivity contribution in [2.24, 2.45) is 0 Å². The van der Waals surface area contributed by atoms with Crippen LogP contribution in [0, 0.1) is 37.3 Å². The van der Waals surface area contributed by atoms with Crippen LogP contribution in [0.1, 0.15) is 5.56 Å². The average molecular weight is 240 g/mol. The molecule has 0 aliphatic rings. The van der Waals surface area contributed by atoms with Gasteiger partial charge < -0.3 is 0 Å². The molecule has 9 nitrogen and oxygen atoms in total. The number of nitro benzene ring substituents is 3. The van der Waals surface area contributed by atoms with Crippen LogP contribution in [-0.4, -0.2) is 14.8 Å².